The van der Waals surface area contributed by atoms with Crippen LogP contribution < -0.4 is 5.32 Å². The molecule has 0 saturated heterocycles. The molecular weight excluding hydrogens is 254 g/mol. The average Bonchev–Trinajstić information content (AvgIpc) is 2.33. The van der Waals surface area contributed by atoms with Crippen LogP contribution in [0, 0.1) is 0 Å². The summed E-state index contributed by atoms with van der Waals surface area (Å²) >= 11 is 1.47. The van der Waals surface area contributed by atoms with Gasteiger partial charge in [-0.1, -0.05) is 13.8 Å². The first kappa shape index (κ1) is 17.7. The van der Waals surface area contributed by atoms with Crippen LogP contribution in [0.1, 0.15) is 33.6 Å². The highest BCUT2D eigenvalue weighted by molar-refractivity contribution is 7.99. The summed E-state index contributed by atoms with van der Waals surface area (Å²) in [5.74, 6) is -0.438. The molecule has 6 heteroatoms. The molecule has 0 rings (SSSR count). The van der Waals surface area contributed by atoms with E-state index < -0.39 is 17.6 Å². The van der Waals surface area contributed by atoms with Crippen molar-refractivity contribution in [1.29, 1.82) is 0 Å². The quantitative estimate of drug-likeness (QED) is 0.470. The van der Waals surface area contributed by atoms with E-state index in [-0.39, 0.29) is 11.9 Å². The third-order valence-electron chi connectivity index (χ3n) is 2.72. The molecule has 0 fully saturated rings. The standard InChI is InChI=1S/C12H25NO4S/c1-4-5-13-12(3,11(16)17)6-9(2)18-8-10(15)7-14/h9-10,13-15H,4-8H2,1-3H3,(H,16,17). The van der Waals surface area contributed by atoms with Crippen molar-refractivity contribution in [2.24, 2.45) is 0 Å². The molecule has 0 spiro atoms. The molecular formula is C12H25NO4S. The van der Waals surface area contributed by atoms with Crippen molar-refractivity contribution in [3.8, 4) is 0 Å². The topological polar surface area (TPSA) is 89.8 Å². The van der Waals surface area contributed by atoms with Crippen LogP contribution in [0.5, 0.6) is 0 Å². The van der Waals surface area contributed by atoms with Gasteiger partial charge in [0, 0.05) is 11.0 Å². The molecule has 0 amide bonds. The van der Waals surface area contributed by atoms with E-state index in [1.165, 1.54) is 11.8 Å². The second kappa shape index (κ2) is 8.74. The van der Waals surface area contributed by atoms with Gasteiger partial charge in [0.15, 0.2) is 0 Å². The van der Waals surface area contributed by atoms with E-state index in [4.69, 9.17) is 5.11 Å². The molecule has 0 aromatic rings. The molecule has 3 atom stereocenters. The summed E-state index contributed by atoms with van der Waals surface area (Å²) in [4.78, 5) is 11.3. The summed E-state index contributed by atoms with van der Waals surface area (Å²) in [5, 5.41) is 30.4. The second-order valence-electron chi connectivity index (χ2n) is 4.75. The van der Waals surface area contributed by atoms with Gasteiger partial charge in [-0.25, -0.2) is 0 Å². The fraction of sp³-hybridized carbons (Fsp3) is 0.917. The Morgan fingerprint density at radius 2 is 2.11 bits per heavy atom. The Kier molecular flexibility index (Phi) is 8.60. The number of carboxylic acids is 1. The van der Waals surface area contributed by atoms with Crippen LogP contribution in [0.3, 0.4) is 0 Å². The minimum Gasteiger partial charge on any atom is -0.480 e. The lowest BCUT2D eigenvalue weighted by atomic mass is 9.96. The Morgan fingerprint density at radius 3 is 2.56 bits per heavy atom. The first-order valence-electron chi connectivity index (χ1n) is 6.24. The molecule has 5 nitrogen and oxygen atoms in total. The monoisotopic (exact) mass is 279 g/mol. The largest absolute Gasteiger partial charge is 0.480 e. The van der Waals surface area contributed by atoms with Gasteiger partial charge in [0.1, 0.15) is 5.54 Å². The zero-order valence-corrected chi connectivity index (χ0v) is 12.2. The first-order valence-corrected chi connectivity index (χ1v) is 7.29. The van der Waals surface area contributed by atoms with Crippen molar-refractivity contribution < 1.29 is 20.1 Å². The van der Waals surface area contributed by atoms with E-state index in [0.717, 1.165) is 6.42 Å². The minimum absolute atomic E-state index is 0.0941. The molecule has 0 aromatic heterocycles. The first-order chi connectivity index (χ1) is 8.35. The van der Waals surface area contributed by atoms with Gasteiger partial charge in [0.2, 0.25) is 0 Å². The SMILES string of the molecule is CCCNC(C)(CC(C)SCC(O)CO)C(=O)O. The van der Waals surface area contributed by atoms with Gasteiger partial charge >= 0.3 is 5.97 Å². The van der Waals surface area contributed by atoms with Gasteiger partial charge in [0.05, 0.1) is 12.7 Å². The molecule has 3 unspecified atom stereocenters. The smallest absolute Gasteiger partial charge is 0.323 e. The minimum atomic E-state index is -0.938. The molecule has 0 aliphatic heterocycles. The lowest BCUT2D eigenvalue weighted by Crippen LogP contribution is -2.51. The predicted octanol–water partition coefficient (Wildman–Crippen LogP) is 0.694. The summed E-state index contributed by atoms with van der Waals surface area (Å²) in [6.07, 6.45) is 0.621. The van der Waals surface area contributed by atoms with Gasteiger partial charge in [-0.2, -0.15) is 11.8 Å². The van der Waals surface area contributed by atoms with E-state index in [1.807, 2.05) is 13.8 Å². The van der Waals surface area contributed by atoms with Crippen LogP contribution in [0.4, 0.5) is 0 Å². The van der Waals surface area contributed by atoms with Crippen LogP contribution in [-0.4, -0.2) is 57.1 Å². The molecule has 18 heavy (non-hydrogen) atoms. The fourth-order valence-electron chi connectivity index (χ4n) is 1.60. The van der Waals surface area contributed by atoms with E-state index in [9.17, 15) is 15.0 Å². The van der Waals surface area contributed by atoms with Crippen molar-refractivity contribution in [3.63, 3.8) is 0 Å². The Bertz CT molecular complexity index is 252. The van der Waals surface area contributed by atoms with Crippen LogP contribution in [0.25, 0.3) is 0 Å². The summed E-state index contributed by atoms with van der Waals surface area (Å²) in [6, 6.07) is 0. The maximum Gasteiger partial charge on any atom is 0.323 e. The number of carbonyl (C=O) groups is 1. The number of aliphatic hydroxyl groups excluding tert-OH is 2. The molecule has 0 aromatic carbocycles. The van der Waals surface area contributed by atoms with Crippen LogP contribution in [-0.2, 0) is 4.79 Å². The van der Waals surface area contributed by atoms with Crippen molar-refractivity contribution in [2.75, 3.05) is 18.9 Å². The molecule has 108 valence electrons. The van der Waals surface area contributed by atoms with Gasteiger partial charge in [-0.05, 0) is 26.3 Å². The van der Waals surface area contributed by atoms with Gasteiger partial charge < -0.3 is 20.6 Å². The summed E-state index contributed by atoms with van der Waals surface area (Å²) in [6.45, 7) is 6.02. The third-order valence-corrected chi connectivity index (χ3v) is 4.03. The summed E-state index contributed by atoms with van der Waals surface area (Å²) in [5.41, 5.74) is -0.938. The number of aliphatic carboxylic acids is 1. The predicted molar refractivity (Wildman–Crippen MR) is 74.0 cm³/mol. The lowest BCUT2D eigenvalue weighted by molar-refractivity contribution is -0.144. The maximum absolute atomic E-state index is 11.3. The fourth-order valence-corrected chi connectivity index (χ4v) is 2.71. The number of rotatable bonds is 10. The van der Waals surface area contributed by atoms with Crippen molar-refractivity contribution in [2.45, 2.75) is 50.5 Å². The second-order valence-corrected chi connectivity index (χ2v) is 6.22. The van der Waals surface area contributed by atoms with E-state index in [0.29, 0.717) is 18.7 Å². The Morgan fingerprint density at radius 1 is 1.50 bits per heavy atom. The highest BCUT2D eigenvalue weighted by atomic mass is 32.2. The van der Waals surface area contributed by atoms with Gasteiger partial charge in [-0.3, -0.25) is 4.79 Å². The van der Waals surface area contributed by atoms with Crippen LogP contribution in [0.15, 0.2) is 0 Å². The van der Waals surface area contributed by atoms with Crippen molar-refractivity contribution in [1.82, 2.24) is 5.32 Å². The molecule has 0 aliphatic rings. The molecule has 0 heterocycles. The summed E-state index contributed by atoms with van der Waals surface area (Å²) in [7, 11) is 0. The van der Waals surface area contributed by atoms with E-state index in [2.05, 4.69) is 5.32 Å². The molecule has 0 saturated carbocycles. The number of thioether (sulfide) groups is 1. The zero-order chi connectivity index (χ0) is 14.2. The van der Waals surface area contributed by atoms with E-state index >= 15 is 0 Å². The lowest BCUT2D eigenvalue weighted by Gasteiger charge is -2.29. The molecule has 0 bridgehead atoms. The Balaban J connectivity index is 4.27. The summed E-state index contributed by atoms with van der Waals surface area (Å²) < 4.78 is 0. The maximum atomic E-state index is 11.3. The van der Waals surface area contributed by atoms with Crippen LogP contribution >= 0.6 is 11.8 Å². The van der Waals surface area contributed by atoms with Gasteiger partial charge in [-0.15, -0.1) is 0 Å². The number of aliphatic hydroxyl groups is 2. The highest BCUT2D eigenvalue weighted by Gasteiger charge is 2.34. The van der Waals surface area contributed by atoms with E-state index in [1.54, 1.807) is 6.92 Å². The zero-order valence-electron chi connectivity index (χ0n) is 11.3. The van der Waals surface area contributed by atoms with Crippen LogP contribution in [0.2, 0.25) is 0 Å². The molecule has 0 aliphatic carbocycles. The third kappa shape index (κ3) is 6.58. The number of hydrogen-bond donors (Lipinski definition) is 4. The van der Waals surface area contributed by atoms with Crippen molar-refractivity contribution in [3.05, 3.63) is 0 Å². The Hall–Kier alpha value is -0.300. The molecule has 4 N–H and O–H groups in total. The average molecular weight is 279 g/mol. The number of nitrogens with one attached hydrogen (secondary N) is 1. The number of carboxylic acid groups (broad SMARTS) is 1. The Labute approximate surface area is 113 Å². The molecule has 0 radical (unpaired) electrons. The van der Waals surface area contributed by atoms with Crippen molar-refractivity contribution >= 4 is 17.7 Å². The highest BCUT2D eigenvalue weighted by Crippen LogP contribution is 2.23. The van der Waals surface area contributed by atoms with Gasteiger partial charge in [0.25, 0.3) is 0 Å². The normalized spacial score (nSPS) is 18.1. The number of hydrogen-bond acceptors (Lipinski definition) is 5.